The van der Waals surface area contributed by atoms with Crippen molar-refractivity contribution in [3.63, 3.8) is 0 Å². The van der Waals surface area contributed by atoms with Crippen molar-refractivity contribution in [2.24, 2.45) is 0 Å². The van der Waals surface area contributed by atoms with E-state index in [-0.39, 0.29) is 5.69 Å². The zero-order valence-electron chi connectivity index (χ0n) is 12.0. The molecule has 1 N–H and O–H groups in total. The lowest BCUT2D eigenvalue weighted by Gasteiger charge is -2.23. The van der Waals surface area contributed by atoms with Crippen LogP contribution in [-0.4, -0.2) is 41.0 Å². The van der Waals surface area contributed by atoms with E-state index in [1.165, 1.54) is 12.3 Å². The summed E-state index contributed by atoms with van der Waals surface area (Å²) >= 11 is 0. The van der Waals surface area contributed by atoms with Crippen LogP contribution in [-0.2, 0) is 0 Å². The number of aryl methyl sites for hydroxylation is 1. The fourth-order valence-electron chi connectivity index (χ4n) is 1.73. The molecule has 1 rings (SSSR count). The van der Waals surface area contributed by atoms with E-state index in [1.54, 1.807) is 0 Å². The van der Waals surface area contributed by atoms with E-state index in [9.17, 15) is 10.1 Å². The first-order chi connectivity index (χ1) is 8.95. The zero-order chi connectivity index (χ0) is 14.4. The molecule has 1 unspecified atom stereocenters. The number of nitrogens with one attached hydrogen (secondary N) is 1. The number of hydrogen-bond donors (Lipinski definition) is 1. The Hall–Kier alpha value is -1.69. The van der Waals surface area contributed by atoms with E-state index in [0.717, 1.165) is 25.1 Å². The molecule has 0 saturated heterocycles. The van der Waals surface area contributed by atoms with Crippen LogP contribution in [0, 0.1) is 17.0 Å². The van der Waals surface area contributed by atoms with Gasteiger partial charge in [-0.3, -0.25) is 10.1 Å². The van der Waals surface area contributed by atoms with Gasteiger partial charge in [-0.25, -0.2) is 4.98 Å². The molecular weight excluding hydrogens is 244 g/mol. The van der Waals surface area contributed by atoms with E-state index in [0.29, 0.717) is 11.9 Å². The van der Waals surface area contributed by atoms with Crippen LogP contribution >= 0.6 is 0 Å². The lowest BCUT2D eigenvalue weighted by Crippen LogP contribution is -2.32. The third-order valence-electron chi connectivity index (χ3n) is 3.37. The van der Waals surface area contributed by atoms with E-state index in [4.69, 9.17) is 0 Å². The van der Waals surface area contributed by atoms with Crippen LogP contribution < -0.4 is 5.32 Å². The van der Waals surface area contributed by atoms with Crippen molar-refractivity contribution in [3.8, 4) is 0 Å². The molecule has 0 aliphatic heterocycles. The molecule has 6 heteroatoms. The molecule has 0 radical (unpaired) electrons. The van der Waals surface area contributed by atoms with Crippen molar-refractivity contribution >= 4 is 11.5 Å². The first kappa shape index (κ1) is 15.4. The summed E-state index contributed by atoms with van der Waals surface area (Å²) in [4.78, 5) is 16.5. The fourth-order valence-corrected chi connectivity index (χ4v) is 1.73. The van der Waals surface area contributed by atoms with Crippen molar-refractivity contribution in [3.05, 3.63) is 27.9 Å². The third kappa shape index (κ3) is 4.48. The van der Waals surface area contributed by atoms with Crippen molar-refractivity contribution in [1.82, 2.24) is 9.88 Å². The number of anilines is 1. The second kappa shape index (κ2) is 7.04. The number of hydrogen-bond acceptors (Lipinski definition) is 5. The van der Waals surface area contributed by atoms with Gasteiger partial charge in [-0.2, -0.15) is 0 Å². The van der Waals surface area contributed by atoms with Gasteiger partial charge in [0.15, 0.2) is 0 Å². The van der Waals surface area contributed by atoms with Gasteiger partial charge in [0.25, 0.3) is 5.69 Å². The third-order valence-corrected chi connectivity index (χ3v) is 3.37. The number of pyridine rings is 1. The van der Waals surface area contributed by atoms with Crippen LogP contribution in [0.2, 0.25) is 0 Å². The van der Waals surface area contributed by atoms with Crippen LogP contribution in [0.5, 0.6) is 0 Å². The summed E-state index contributed by atoms with van der Waals surface area (Å²) in [6, 6.07) is 2.08. The van der Waals surface area contributed by atoms with Crippen LogP contribution in [0.25, 0.3) is 0 Å². The van der Waals surface area contributed by atoms with E-state index in [1.807, 2.05) is 6.92 Å². The molecule has 0 aliphatic rings. The fraction of sp³-hybridized carbons (Fsp3) is 0.615. The molecule has 0 aliphatic carbocycles. The van der Waals surface area contributed by atoms with Crippen LogP contribution in [0.15, 0.2) is 12.3 Å². The first-order valence-electron chi connectivity index (χ1n) is 6.50. The van der Waals surface area contributed by atoms with Crippen LogP contribution in [0.1, 0.15) is 25.8 Å². The number of nitro groups is 1. The molecule has 0 bridgehead atoms. The highest BCUT2D eigenvalue weighted by Gasteiger charge is 2.10. The molecule has 1 aromatic rings. The van der Waals surface area contributed by atoms with Crippen LogP contribution in [0.4, 0.5) is 11.5 Å². The molecule has 0 spiro atoms. The van der Waals surface area contributed by atoms with Gasteiger partial charge in [0.2, 0.25) is 0 Å². The molecule has 106 valence electrons. The molecule has 1 atom stereocenters. The monoisotopic (exact) mass is 266 g/mol. The maximum atomic E-state index is 10.6. The van der Waals surface area contributed by atoms with Gasteiger partial charge in [-0.15, -0.1) is 0 Å². The molecular formula is C13H22N4O2. The summed E-state index contributed by atoms with van der Waals surface area (Å²) < 4.78 is 0. The Morgan fingerprint density at radius 1 is 1.58 bits per heavy atom. The zero-order valence-corrected chi connectivity index (χ0v) is 12.0. The highest BCUT2D eigenvalue weighted by molar-refractivity contribution is 5.48. The van der Waals surface area contributed by atoms with Gasteiger partial charge in [-0.1, -0.05) is 6.92 Å². The van der Waals surface area contributed by atoms with Crippen molar-refractivity contribution in [2.45, 2.75) is 33.2 Å². The minimum absolute atomic E-state index is 0.0276. The number of likely N-dealkylation sites (N-methyl/N-ethyl adjacent to an activating group) is 1. The molecule has 19 heavy (non-hydrogen) atoms. The standard InChI is InChI=1S/C13H22N4O2/c1-5-11(3)16(4)7-6-14-13-10(2)8-12(9-15-13)17(18)19/h8-9,11H,5-7H2,1-4H3,(H,14,15). The summed E-state index contributed by atoms with van der Waals surface area (Å²) in [7, 11) is 2.09. The van der Waals surface area contributed by atoms with Gasteiger partial charge in [0, 0.05) is 25.2 Å². The summed E-state index contributed by atoms with van der Waals surface area (Å²) in [6.45, 7) is 7.85. The normalized spacial score (nSPS) is 12.5. The van der Waals surface area contributed by atoms with E-state index in [2.05, 4.69) is 36.1 Å². The van der Waals surface area contributed by atoms with Gasteiger partial charge in [0.05, 0.1) is 4.92 Å². The van der Waals surface area contributed by atoms with E-state index < -0.39 is 4.92 Å². The largest absolute Gasteiger partial charge is 0.369 e. The second-order valence-corrected chi connectivity index (χ2v) is 4.78. The highest BCUT2D eigenvalue weighted by atomic mass is 16.6. The number of rotatable bonds is 7. The Morgan fingerprint density at radius 2 is 2.26 bits per heavy atom. The predicted molar refractivity (Wildman–Crippen MR) is 76.5 cm³/mol. The topological polar surface area (TPSA) is 71.3 Å². The average molecular weight is 266 g/mol. The van der Waals surface area contributed by atoms with Gasteiger partial charge < -0.3 is 10.2 Å². The van der Waals surface area contributed by atoms with E-state index >= 15 is 0 Å². The SMILES string of the molecule is CCC(C)N(C)CCNc1ncc([N+](=O)[O-])cc1C. The molecule has 0 fully saturated rings. The highest BCUT2D eigenvalue weighted by Crippen LogP contribution is 2.17. The maximum Gasteiger partial charge on any atom is 0.287 e. The molecule has 1 aromatic heterocycles. The Kier molecular flexibility index (Phi) is 5.69. The molecule has 0 amide bonds. The molecule has 1 heterocycles. The minimum atomic E-state index is -0.430. The minimum Gasteiger partial charge on any atom is -0.369 e. The van der Waals surface area contributed by atoms with Gasteiger partial charge in [0.1, 0.15) is 12.0 Å². The summed E-state index contributed by atoms with van der Waals surface area (Å²) in [5.41, 5.74) is 0.820. The quantitative estimate of drug-likeness (QED) is 0.606. The lowest BCUT2D eigenvalue weighted by molar-refractivity contribution is -0.385. The van der Waals surface area contributed by atoms with Crippen molar-refractivity contribution in [1.29, 1.82) is 0 Å². The summed E-state index contributed by atoms with van der Waals surface area (Å²) in [6.07, 6.45) is 2.40. The molecule has 0 saturated carbocycles. The second-order valence-electron chi connectivity index (χ2n) is 4.78. The Labute approximate surface area is 114 Å². The molecule has 6 nitrogen and oxygen atoms in total. The maximum absolute atomic E-state index is 10.6. The van der Waals surface area contributed by atoms with Crippen molar-refractivity contribution < 1.29 is 4.92 Å². The predicted octanol–water partition coefficient (Wildman–Crippen LogP) is 2.44. The Balaban J connectivity index is 2.52. The van der Waals surface area contributed by atoms with Gasteiger partial charge >= 0.3 is 0 Å². The number of aromatic nitrogens is 1. The average Bonchev–Trinajstić information content (AvgIpc) is 2.39. The van der Waals surface area contributed by atoms with Crippen LogP contribution in [0.3, 0.4) is 0 Å². The lowest BCUT2D eigenvalue weighted by atomic mass is 10.2. The van der Waals surface area contributed by atoms with Crippen molar-refractivity contribution in [2.75, 3.05) is 25.5 Å². The Bertz CT molecular complexity index is 437. The molecule has 0 aromatic carbocycles. The number of nitrogens with zero attached hydrogens (tertiary/aromatic N) is 3. The smallest absolute Gasteiger partial charge is 0.287 e. The van der Waals surface area contributed by atoms with Gasteiger partial charge in [-0.05, 0) is 32.9 Å². The Morgan fingerprint density at radius 3 is 2.79 bits per heavy atom. The summed E-state index contributed by atoms with van der Waals surface area (Å²) in [5, 5.41) is 13.8. The summed E-state index contributed by atoms with van der Waals surface area (Å²) in [5.74, 6) is 0.711. The first-order valence-corrected chi connectivity index (χ1v) is 6.50.